The monoisotopic (exact) mass is 393 g/mol. The van der Waals surface area contributed by atoms with Crippen molar-refractivity contribution in [2.24, 2.45) is 22.5 Å². The second-order valence-corrected chi connectivity index (χ2v) is 7.91. The molecule has 1 aromatic carbocycles. The summed E-state index contributed by atoms with van der Waals surface area (Å²) in [6.45, 7) is 2.52. The fourth-order valence-corrected chi connectivity index (χ4v) is 3.18. The van der Waals surface area contributed by atoms with Gasteiger partial charge < -0.3 is 16.8 Å². The SMILES string of the molecule is CC1CC(=O)NN=C1c1ccc(NCC2=CC(N)(Cl)C(N)(Cl)C=C2)cc1. The number of nitrogens with one attached hydrogen (secondary N) is 2. The zero-order chi connectivity index (χ0) is 18.9. The Morgan fingerprint density at radius 2 is 1.96 bits per heavy atom. The van der Waals surface area contributed by atoms with Gasteiger partial charge in [0.2, 0.25) is 5.91 Å². The van der Waals surface area contributed by atoms with Crippen molar-refractivity contribution in [3.05, 3.63) is 53.6 Å². The standard InChI is InChI=1S/C18H21Cl2N5O/c1-11-8-15(26)24-25-16(11)13-2-4-14(5-3-13)23-10-12-6-7-17(19,21)18(20,22)9-12/h2-7,9,11,23H,8,10,21-22H2,1H3,(H,24,26). The Balaban J connectivity index is 1.65. The molecule has 1 heterocycles. The summed E-state index contributed by atoms with van der Waals surface area (Å²) in [5.74, 6) is 0.0376. The highest BCUT2D eigenvalue weighted by atomic mass is 35.5. The third-order valence-corrected chi connectivity index (χ3v) is 5.42. The second-order valence-electron chi connectivity index (χ2n) is 6.66. The summed E-state index contributed by atoms with van der Waals surface area (Å²) in [6, 6.07) is 7.86. The van der Waals surface area contributed by atoms with Crippen molar-refractivity contribution in [1.82, 2.24) is 5.43 Å². The van der Waals surface area contributed by atoms with Crippen LogP contribution in [0.3, 0.4) is 0 Å². The zero-order valence-electron chi connectivity index (χ0n) is 14.3. The highest BCUT2D eigenvalue weighted by Gasteiger charge is 2.41. The smallest absolute Gasteiger partial charge is 0.240 e. The van der Waals surface area contributed by atoms with Gasteiger partial charge in [0, 0.05) is 24.6 Å². The van der Waals surface area contributed by atoms with Crippen molar-refractivity contribution in [2.45, 2.75) is 23.3 Å². The molecule has 6 N–H and O–H groups in total. The molecule has 0 radical (unpaired) electrons. The summed E-state index contributed by atoms with van der Waals surface area (Å²) >= 11 is 12.3. The molecule has 0 saturated carbocycles. The van der Waals surface area contributed by atoms with E-state index in [0.29, 0.717) is 13.0 Å². The first-order valence-corrected chi connectivity index (χ1v) is 9.01. The molecule has 6 nitrogen and oxygen atoms in total. The fraction of sp³-hybridized carbons (Fsp3) is 0.333. The summed E-state index contributed by atoms with van der Waals surface area (Å²) in [7, 11) is 0. The van der Waals surface area contributed by atoms with Crippen molar-refractivity contribution in [2.75, 3.05) is 11.9 Å². The minimum Gasteiger partial charge on any atom is -0.381 e. The van der Waals surface area contributed by atoms with Crippen molar-refractivity contribution >= 4 is 40.5 Å². The van der Waals surface area contributed by atoms with Crippen LogP contribution in [0.25, 0.3) is 0 Å². The summed E-state index contributed by atoms with van der Waals surface area (Å²) in [6.07, 6.45) is 5.51. The maximum Gasteiger partial charge on any atom is 0.240 e. The van der Waals surface area contributed by atoms with Gasteiger partial charge in [-0.2, -0.15) is 5.10 Å². The summed E-state index contributed by atoms with van der Waals surface area (Å²) in [5, 5.41) is 7.47. The van der Waals surface area contributed by atoms with Crippen molar-refractivity contribution < 1.29 is 4.79 Å². The molecule has 3 rings (SSSR count). The van der Waals surface area contributed by atoms with Crippen LogP contribution in [-0.2, 0) is 4.79 Å². The molecule has 0 bridgehead atoms. The molecule has 2 aliphatic rings. The van der Waals surface area contributed by atoms with Crippen LogP contribution < -0.4 is 22.2 Å². The van der Waals surface area contributed by atoms with Gasteiger partial charge in [-0.05, 0) is 35.4 Å². The first-order valence-electron chi connectivity index (χ1n) is 8.25. The maximum atomic E-state index is 11.4. The second kappa shape index (κ2) is 7.04. The number of carbonyl (C=O) groups is 1. The summed E-state index contributed by atoms with van der Waals surface area (Å²) in [5.41, 5.74) is 18.0. The number of hydrazone groups is 1. The molecule has 1 aromatic rings. The van der Waals surface area contributed by atoms with Gasteiger partial charge in [-0.3, -0.25) is 4.79 Å². The number of nitrogens with two attached hydrogens (primary N) is 2. The van der Waals surface area contributed by atoms with E-state index in [2.05, 4.69) is 15.8 Å². The number of alkyl halides is 2. The number of amides is 1. The third-order valence-electron chi connectivity index (χ3n) is 4.46. The number of rotatable bonds is 4. The number of halogens is 2. The number of anilines is 1. The third kappa shape index (κ3) is 3.94. The number of nitrogens with zero attached hydrogens (tertiary/aromatic N) is 1. The molecule has 0 fully saturated rings. The van der Waals surface area contributed by atoms with E-state index in [0.717, 1.165) is 22.5 Å². The summed E-state index contributed by atoms with van der Waals surface area (Å²) in [4.78, 5) is 8.70. The van der Waals surface area contributed by atoms with Crippen molar-refractivity contribution in [3.8, 4) is 0 Å². The van der Waals surface area contributed by atoms with Crippen LogP contribution in [0.15, 0.2) is 53.2 Å². The quantitative estimate of drug-likeness (QED) is 0.464. The predicted molar refractivity (Wildman–Crippen MR) is 106 cm³/mol. The van der Waals surface area contributed by atoms with Crippen LogP contribution in [0.5, 0.6) is 0 Å². The lowest BCUT2D eigenvalue weighted by Gasteiger charge is -2.35. The molecule has 26 heavy (non-hydrogen) atoms. The van der Waals surface area contributed by atoms with E-state index in [1.807, 2.05) is 37.3 Å². The van der Waals surface area contributed by atoms with Crippen LogP contribution in [-0.4, -0.2) is 28.2 Å². The maximum absolute atomic E-state index is 11.4. The van der Waals surface area contributed by atoms with Crippen molar-refractivity contribution in [3.63, 3.8) is 0 Å². The molecule has 1 aliphatic carbocycles. The van der Waals surface area contributed by atoms with E-state index in [4.69, 9.17) is 34.7 Å². The minimum absolute atomic E-state index is 0.0536. The van der Waals surface area contributed by atoms with E-state index in [-0.39, 0.29) is 11.8 Å². The molecule has 0 aromatic heterocycles. The van der Waals surface area contributed by atoms with Gasteiger partial charge >= 0.3 is 0 Å². The van der Waals surface area contributed by atoms with Crippen LogP contribution >= 0.6 is 23.2 Å². The Labute approximate surface area is 162 Å². The molecular weight excluding hydrogens is 373 g/mol. The molecule has 3 atom stereocenters. The number of hydrogen-bond donors (Lipinski definition) is 4. The lowest BCUT2D eigenvalue weighted by molar-refractivity contribution is -0.121. The molecular formula is C18H21Cl2N5O. The average molecular weight is 394 g/mol. The lowest BCUT2D eigenvalue weighted by atomic mass is 9.94. The normalized spacial score (nSPS) is 31.1. The Bertz CT molecular complexity index is 796. The van der Waals surface area contributed by atoms with Gasteiger partial charge in [0.25, 0.3) is 0 Å². The van der Waals surface area contributed by atoms with Crippen molar-refractivity contribution in [1.29, 1.82) is 0 Å². The Kier molecular flexibility index (Phi) is 5.12. The lowest BCUT2D eigenvalue weighted by Crippen LogP contribution is -2.57. The van der Waals surface area contributed by atoms with Gasteiger partial charge in [0.15, 0.2) is 0 Å². The van der Waals surface area contributed by atoms with Gasteiger partial charge in [-0.1, -0.05) is 48.3 Å². The number of carbonyl (C=O) groups excluding carboxylic acids is 1. The predicted octanol–water partition coefficient (Wildman–Crippen LogP) is 2.24. The zero-order valence-corrected chi connectivity index (χ0v) is 15.8. The molecule has 138 valence electrons. The molecule has 0 saturated heterocycles. The number of hydrogen-bond acceptors (Lipinski definition) is 5. The first kappa shape index (κ1) is 18.9. The molecule has 8 heteroatoms. The Morgan fingerprint density at radius 1 is 1.27 bits per heavy atom. The van der Waals surface area contributed by atoms with E-state index < -0.39 is 10.00 Å². The summed E-state index contributed by atoms with van der Waals surface area (Å²) < 4.78 is 0. The first-order chi connectivity index (χ1) is 12.2. The molecule has 1 aliphatic heterocycles. The minimum atomic E-state index is -1.34. The average Bonchev–Trinajstić information content (AvgIpc) is 2.57. The Hall–Kier alpha value is -1.86. The van der Waals surface area contributed by atoms with Crippen LogP contribution in [0.4, 0.5) is 5.69 Å². The van der Waals surface area contributed by atoms with Crippen LogP contribution in [0.1, 0.15) is 18.9 Å². The van der Waals surface area contributed by atoms with Gasteiger partial charge in [0.05, 0.1) is 5.71 Å². The van der Waals surface area contributed by atoms with Gasteiger partial charge in [-0.25, -0.2) is 5.43 Å². The highest BCUT2D eigenvalue weighted by Crippen LogP contribution is 2.33. The van der Waals surface area contributed by atoms with Crippen LogP contribution in [0, 0.1) is 5.92 Å². The van der Waals surface area contributed by atoms with Gasteiger partial charge in [-0.15, -0.1) is 0 Å². The van der Waals surface area contributed by atoms with Gasteiger partial charge in [0.1, 0.15) is 10.00 Å². The largest absolute Gasteiger partial charge is 0.381 e. The van der Waals surface area contributed by atoms with Crippen LogP contribution in [0.2, 0.25) is 0 Å². The molecule has 1 amide bonds. The fourth-order valence-electron chi connectivity index (χ4n) is 2.86. The van der Waals surface area contributed by atoms with E-state index in [1.54, 1.807) is 12.2 Å². The van der Waals surface area contributed by atoms with E-state index in [9.17, 15) is 4.79 Å². The van der Waals surface area contributed by atoms with E-state index >= 15 is 0 Å². The Morgan fingerprint density at radius 3 is 2.58 bits per heavy atom. The molecule has 3 unspecified atom stereocenters. The van der Waals surface area contributed by atoms with E-state index in [1.165, 1.54) is 0 Å². The number of benzene rings is 1. The highest BCUT2D eigenvalue weighted by molar-refractivity contribution is 6.36. The molecule has 0 spiro atoms. The topological polar surface area (TPSA) is 106 Å².